The summed E-state index contributed by atoms with van der Waals surface area (Å²) in [6, 6.07) is 20.4. The normalized spacial score (nSPS) is 21.6. The fraction of sp³-hybridized carbons (Fsp3) is 0.353. The number of imide groups is 1. The van der Waals surface area contributed by atoms with Gasteiger partial charge in [-0.25, -0.2) is 0 Å². The van der Waals surface area contributed by atoms with Crippen molar-refractivity contribution < 1.29 is 29.3 Å². The van der Waals surface area contributed by atoms with E-state index in [9.17, 15) is 24.9 Å². The van der Waals surface area contributed by atoms with Crippen LogP contribution in [0.3, 0.4) is 0 Å². The predicted octanol–water partition coefficient (Wildman–Crippen LogP) is 5.58. The van der Waals surface area contributed by atoms with E-state index in [1.54, 1.807) is 24.3 Å². The summed E-state index contributed by atoms with van der Waals surface area (Å²) in [5.74, 6) is -1.39. The average Bonchev–Trinajstić information content (AvgIpc) is 3.56. The summed E-state index contributed by atoms with van der Waals surface area (Å²) in [4.78, 5) is 28.7. The molecule has 0 saturated carbocycles. The van der Waals surface area contributed by atoms with Gasteiger partial charge < -0.3 is 25.1 Å². The second-order valence-corrected chi connectivity index (χ2v) is 11.1. The highest BCUT2D eigenvalue weighted by Crippen LogP contribution is 2.48. The van der Waals surface area contributed by atoms with Gasteiger partial charge in [-0.1, -0.05) is 36.3 Å². The number of fused-ring (bicyclic) bond motifs is 1. The summed E-state index contributed by atoms with van der Waals surface area (Å²) < 4.78 is 5.54. The number of furan rings is 1. The van der Waals surface area contributed by atoms with Crippen LogP contribution in [-0.4, -0.2) is 39.8 Å². The van der Waals surface area contributed by atoms with Gasteiger partial charge in [0.05, 0.1) is 30.2 Å². The minimum Gasteiger partial charge on any atom is -0.459 e. The zero-order valence-electron chi connectivity index (χ0n) is 24.0. The predicted molar refractivity (Wildman–Crippen MR) is 162 cm³/mol. The largest absolute Gasteiger partial charge is 0.459 e. The third-order valence-corrected chi connectivity index (χ3v) is 8.39. The summed E-state index contributed by atoms with van der Waals surface area (Å²) >= 11 is 0. The minimum absolute atomic E-state index is 0.167. The van der Waals surface area contributed by atoms with Gasteiger partial charge in [-0.15, -0.1) is 0 Å². The van der Waals surface area contributed by atoms with Crippen LogP contribution in [0.5, 0.6) is 0 Å². The molecular formula is C34H38N2O6. The summed E-state index contributed by atoms with van der Waals surface area (Å²) in [6.45, 7) is 3.44. The first-order valence-corrected chi connectivity index (χ1v) is 14.5. The van der Waals surface area contributed by atoms with Gasteiger partial charge in [0.25, 0.3) is 0 Å². The molecule has 1 aromatic heterocycles. The third kappa shape index (κ3) is 5.97. The van der Waals surface area contributed by atoms with Crippen molar-refractivity contribution in [2.24, 2.45) is 17.8 Å². The monoisotopic (exact) mass is 570 g/mol. The van der Waals surface area contributed by atoms with E-state index < -0.39 is 23.9 Å². The van der Waals surface area contributed by atoms with Crippen LogP contribution in [0.25, 0.3) is 6.08 Å². The molecule has 1 aliphatic heterocycles. The van der Waals surface area contributed by atoms with E-state index in [1.165, 1.54) is 4.90 Å². The molecular weight excluding hydrogens is 532 g/mol. The number of rotatable bonds is 11. The van der Waals surface area contributed by atoms with Crippen molar-refractivity contribution in [3.05, 3.63) is 95.0 Å². The molecule has 220 valence electrons. The number of nitrogens with one attached hydrogen (secondary N) is 1. The zero-order valence-corrected chi connectivity index (χ0v) is 24.0. The Bertz CT molecular complexity index is 1470. The number of hydrogen-bond donors (Lipinski definition) is 4. The maximum atomic E-state index is 13.8. The molecule has 0 bridgehead atoms. The molecule has 1 fully saturated rings. The first-order chi connectivity index (χ1) is 20.3. The molecule has 1 saturated heterocycles. The van der Waals surface area contributed by atoms with Crippen molar-refractivity contribution in [3.8, 4) is 0 Å². The fourth-order valence-electron chi connectivity index (χ4n) is 6.33. The molecule has 0 spiro atoms. The SMILES string of the molecule is CCC1=C([C@H](O)CC/C(C)=C/c2ccc(CO)o2)[C@H](CO)[C@@H]2C(=O)N(c3ccc(Nc4ccccc4)cc3)C(=O)[C@@H]2C1. The van der Waals surface area contributed by atoms with Crippen LogP contribution in [0.4, 0.5) is 17.1 Å². The average molecular weight is 571 g/mol. The molecule has 5 rings (SSSR count). The fourth-order valence-corrected chi connectivity index (χ4v) is 6.33. The van der Waals surface area contributed by atoms with Crippen molar-refractivity contribution in [1.29, 1.82) is 0 Å². The Labute approximate surface area is 246 Å². The molecule has 2 aromatic carbocycles. The molecule has 0 radical (unpaired) electrons. The highest BCUT2D eigenvalue weighted by atomic mass is 16.4. The van der Waals surface area contributed by atoms with Gasteiger partial charge in [0, 0.05) is 17.3 Å². The Morgan fingerprint density at radius 3 is 2.38 bits per heavy atom. The van der Waals surface area contributed by atoms with Crippen LogP contribution in [0.2, 0.25) is 0 Å². The first-order valence-electron chi connectivity index (χ1n) is 14.5. The molecule has 2 heterocycles. The van der Waals surface area contributed by atoms with E-state index in [0.29, 0.717) is 48.5 Å². The molecule has 2 aliphatic rings. The topological polar surface area (TPSA) is 123 Å². The van der Waals surface area contributed by atoms with Crippen LogP contribution < -0.4 is 10.2 Å². The number of anilines is 3. The van der Waals surface area contributed by atoms with Crippen molar-refractivity contribution in [1.82, 2.24) is 0 Å². The van der Waals surface area contributed by atoms with Gasteiger partial charge in [-0.3, -0.25) is 14.5 Å². The molecule has 8 heteroatoms. The molecule has 2 amide bonds. The Kier molecular flexibility index (Phi) is 9.06. The molecule has 3 aromatic rings. The van der Waals surface area contributed by atoms with Gasteiger partial charge >= 0.3 is 0 Å². The number of aliphatic hydroxyl groups excluding tert-OH is 3. The first kappa shape index (κ1) is 29.5. The van der Waals surface area contributed by atoms with E-state index in [0.717, 1.165) is 22.5 Å². The smallest absolute Gasteiger partial charge is 0.238 e. The van der Waals surface area contributed by atoms with Gasteiger partial charge in [0.1, 0.15) is 18.1 Å². The van der Waals surface area contributed by atoms with Crippen molar-refractivity contribution in [2.45, 2.75) is 52.2 Å². The number of allylic oxidation sites excluding steroid dienone is 2. The van der Waals surface area contributed by atoms with E-state index in [2.05, 4.69) is 5.32 Å². The number of nitrogens with zero attached hydrogens (tertiary/aromatic N) is 1. The van der Waals surface area contributed by atoms with Gasteiger partial charge in [-0.05, 0) is 92.8 Å². The summed E-state index contributed by atoms with van der Waals surface area (Å²) in [5, 5.41) is 34.4. The number of amides is 2. The Hall–Kier alpha value is -3.98. The van der Waals surface area contributed by atoms with E-state index in [-0.39, 0.29) is 25.0 Å². The number of hydrogen-bond acceptors (Lipinski definition) is 7. The molecule has 4 atom stereocenters. The standard InChI is InChI=1S/C34H38N2O6/c1-3-22-18-28-32(29(20-38)31(22)30(39)16-9-21(2)17-26-14-15-27(19-37)42-26)34(41)36(33(28)40)25-12-10-24(11-13-25)35-23-7-5-4-6-8-23/h4-8,10-15,17,28-30,32,35,37-39H,3,9,16,18-20H2,1-2H3/b21-17+/t28-,29+,30-,32-/m1/s1. The highest BCUT2D eigenvalue weighted by Gasteiger charge is 2.55. The van der Waals surface area contributed by atoms with Crippen LogP contribution in [0, 0.1) is 17.8 Å². The minimum atomic E-state index is -0.855. The van der Waals surface area contributed by atoms with Crippen molar-refractivity contribution in [3.63, 3.8) is 0 Å². The Morgan fingerprint density at radius 1 is 1.02 bits per heavy atom. The van der Waals surface area contributed by atoms with Gasteiger partial charge in [0.15, 0.2) is 0 Å². The summed E-state index contributed by atoms with van der Waals surface area (Å²) in [5.41, 5.74) is 4.89. The van der Waals surface area contributed by atoms with Crippen LogP contribution in [-0.2, 0) is 16.2 Å². The van der Waals surface area contributed by atoms with Crippen molar-refractivity contribution >= 4 is 35.0 Å². The Morgan fingerprint density at radius 2 is 1.74 bits per heavy atom. The maximum absolute atomic E-state index is 13.8. The van der Waals surface area contributed by atoms with Gasteiger partial charge in [-0.2, -0.15) is 0 Å². The molecule has 1 aliphatic carbocycles. The lowest BCUT2D eigenvalue weighted by molar-refractivity contribution is -0.123. The molecule has 42 heavy (non-hydrogen) atoms. The maximum Gasteiger partial charge on any atom is 0.238 e. The number of carbonyl (C=O) groups excluding carboxylic acids is 2. The van der Waals surface area contributed by atoms with E-state index in [1.807, 2.05) is 62.4 Å². The second-order valence-electron chi connectivity index (χ2n) is 11.1. The van der Waals surface area contributed by atoms with Crippen LogP contribution in [0.15, 0.2) is 87.9 Å². The number of para-hydroxylation sites is 1. The third-order valence-electron chi connectivity index (χ3n) is 8.39. The number of aliphatic hydroxyl groups is 3. The van der Waals surface area contributed by atoms with Crippen molar-refractivity contribution in [2.75, 3.05) is 16.8 Å². The highest BCUT2D eigenvalue weighted by molar-refractivity contribution is 6.22. The number of benzene rings is 2. The molecule has 8 nitrogen and oxygen atoms in total. The second kappa shape index (κ2) is 12.9. The molecule has 4 N–H and O–H groups in total. The van der Waals surface area contributed by atoms with Crippen LogP contribution >= 0.6 is 0 Å². The summed E-state index contributed by atoms with van der Waals surface area (Å²) in [6.07, 6.45) is 3.02. The number of carbonyl (C=O) groups is 2. The van der Waals surface area contributed by atoms with E-state index >= 15 is 0 Å². The quantitative estimate of drug-likeness (QED) is 0.175. The lowest BCUT2D eigenvalue weighted by Crippen LogP contribution is -2.39. The lowest BCUT2D eigenvalue weighted by atomic mass is 9.67. The van der Waals surface area contributed by atoms with E-state index in [4.69, 9.17) is 4.42 Å². The molecule has 0 unspecified atom stereocenters. The zero-order chi connectivity index (χ0) is 29.8. The summed E-state index contributed by atoms with van der Waals surface area (Å²) in [7, 11) is 0. The lowest BCUT2D eigenvalue weighted by Gasteiger charge is -2.36. The Balaban J connectivity index is 1.32. The van der Waals surface area contributed by atoms with Crippen LogP contribution in [0.1, 0.15) is 51.1 Å². The van der Waals surface area contributed by atoms with Gasteiger partial charge in [0.2, 0.25) is 11.8 Å².